The molecule has 1 rings (SSSR count). The molecule has 0 atom stereocenters. The maximum Gasteiger partial charge on any atom is 0.351 e. The van der Waals surface area contributed by atoms with E-state index in [1.807, 2.05) is 33.1 Å². The fraction of sp³-hybridized carbons (Fsp3) is 0.600. The minimum absolute atomic E-state index is 0.244. The molecule has 1 aliphatic rings. The minimum Gasteiger partial charge on any atom is -0.477 e. The smallest absolute Gasteiger partial charge is 0.351 e. The quantitative estimate of drug-likeness (QED) is 0.766. The van der Waals surface area contributed by atoms with Gasteiger partial charge >= 0.3 is 5.97 Å². The average molecular weight is 213 g/mol. The molecule has 0 spiro atoms. The van der Waals surface area contributed by atoms with Crippen LogP contribution in [0.5, 0.6) is 0 Å². The Morgan fingerprint density at radius 2 is 2.14 bits per heavy atom. The molecular weight excluding hydrogens is 198 g/mol. The number of thioether (sulfide) groups is 1. The van der Waals surface area contributed by atoms with E-state index in [1.54, 1.807) is 0 Å². The van der Waals surface area contributed by atoms with Crippen molar-refractivity contribution in [2.75, 3.05) is 0 Å². The zero-order valence-corrected chi connectivity index (χ0v) is 9.68. The van der Waals surface area contributed by atoms with Crippen molar-refractivity contribution in [1.29, 1.82) is 0 Å². The van der Waals surface area contributed by atoms with Crippen LogP contribution >= 0.6 is 11.8 Å². The Kier molecular flexibility index (Phi) is 3.04. The Balaban J connectivity index is 3.06. The number of carboxylic acid groups (broad SMARTS) is 1. The van der Waals surface area contributed by atoms with Crippen LogP contribution in [0, 0.1) is 5.92 Å². The number of allylic oxidation sites excluding steroid dienone is 1. The third-order valence-electron chi connectivity index (χ3n) is 2.08. The van der Waals surface area contributed by atoms with Gasteiger partial charge in [-0.25, -0.2) is 9.79 Å². The van der Waals surface area contributed by atoms with Gasteiger partial charge in [-0.05, 0) is 25.2 Å². The maximum atomic E-state index is 11.0. The largest absolute Gasteiger partial charge is 0.477 e. The average Bonchev–Trinajstić information content (AvgIpc) is 2.02. The molecule has 14 heavy (non-hydrogen) atoms. The Hall–Kier alpha value is -0.770. The van der Waals surface area contributed by atoms with Crippen LogP contribution in [0.15, 0.2) is 16.1 Å². The Morgan fingerprint density at radius 3 is 2.57 bits per heavy atom. The van der Waals surface area contributed by atoms with Crippen LogP contribution in [-0.4, -0.2) is 21.5 Å². The van der Waals surface area contributed by atoms with Crippen LogP contribution in [0.1, 0.15) is 27.7 Å². The zero-order valence-electron chi connectivity index (χ0n) is 8.87. The van der Waals surface area contributed by atoms with E-state index in [9.17, 15) is 4.79 Å². The van der Waals surface area contributed by atoms with Crippen molar-refractivity contribution < 1.29 is 9.90 Å². The molecule has 1 N–H and O–H groups in total. The van der Waals surface area contributed by atoms with E-state index in [0.29, 0.717) is 0 Å². The summed E-state index contributed by atoms with van der Waals surface area (Å²) in [4.78, 5) is 15.2. The highest BCUT2D eigenvalue weighted by molar-refractivity contribution is 8.04. The number of aliphatic imine (C=N–C) groups is 1. The molecule has 78 valence electrons. The van der Waals surface area contributed by atoms with Gasteiger partial charge in [0.15, 0.2) is 0 Å². The summed E-state index contributed by atoms with van der Waals surface area (Å²) in [6.45, 7) is 7.76. The number of nitrogens with zero attached hydrogens (tertiary/aromatic N) is 1. The molecule has 1 aliphatic heterocycles. The molecule has 0 bridgehead atoms. The van der Waals surface area contributed by atoms with Crippen LogP contribution < -0.4 is 0 Å². The summed E-state index contributed by atoms with van der Waals surface area (Å²) >= 11 is 1.52. The van der Waals surface area contributed by atoms with Crippen molar-refractivity contribution in [2.45, 2.75) is 32.4 Å². The van der Waals surface area contributed by atoms with Crippen molar-refractivity contribution in [2.24, 2.45) is 10.9 Å². The van der Waals surface area contributed by atoms with Crippen molar-refractivity contribution in [3.05, 3.63) is 11.1 Å². The van der Waals surface area contributed by atoms with Crippen molar-refractivity contribution in [3.8, 4) is 0 Å². The number of aliphatic carboxylic acids is 1. The standard InChI is InChI=1S/C10H15NO2S/c1-6(2)7-5-14-10(3,4)8(11-7)9(12)13/h5-6H,1-4H3,(H,12,13). The molecule has 0 aliphatic carbocycles. The topological polar surface area (TPSA) is 49.7 Å². The van der Waals surface area contributed by atoms with Gasteiger partial charge < -0.3 is 5.11 Å². The van der Waals surface area contributed by atoms with Gasteiger partial charge in [-0.3, -0.25) is 0 Å². The number of rotatable bonds is 2. The highest BCUT2D eigenvalue weighted by atomic mass is 32.2. The predicted octanol–water partition coefficient (Wildman–Crippen LogP) is 2.53. The van der Waals surface area contributed by atoms with Crippen LogP contribution in [0.25, 0.3) is 0 Å². The van der Waals surface area contributed by atoms with Crippen molar-refractivity contribution in [1.82, 2.24) is 0 Å². The van der Waals surface area contributed by atoms with Gasteiger partial charge in [0, 0.05) is 5.70 Å². The third kappa shape index (κ3) is 2.18. The highest BCUT2D eigenvalue weighted by Crippen LogP contribution is 2.35. The number of hydrogen-bond donors (Lipinski definition) is 1. The summed E-state index contributed by atoms with van der Waals surface area (Å²) in [5.74, 6) is -0.651. The first-order valence-electron chi connectivity index (χ1n) is 4.55. The van der Waals surface area contributed by atoms with E-state index in [2.05, 4.69) is 4.99 Å². The fourth-order valence-corrected chi connectivity index (χ4v) is 2.11. The second-order valence-corrected chi connectivity index (χ2v) is 5.58. The lowest BCUT2D eigenvalue weighted by Gasteiger charge is -2.26. The van der Waals surface area contributed by atoms with Gasteiger partial charge in [-0.1, -0.05) is 13.8 Å². The highest BCUT2D eigenvalue weighted by Gasteiger charge is 2.33. The van der Waals surface area contributed by atoms with Gasteiger partial charge in [0.1, 0.15) is 5.71 Å². The molecule has 0 aromatic carbocycles. The van der Waals surface area contributed by atoms with Gasteiger partial charge in [0.05, 0.1) is 4.75 Å². The number of carboxylic acids is 1. The minimum atomic E-state index is -0.922. The van der Waals surface area contributed by atoms with Crippen LogP contribution in [-0.2, 0) is 4.79 Å². The van der Waals surface area contributed by atoms with E-state index >= 15 is 0 Å². The number of hydrogen-bond acceptors (Lipinski definition) is 3. The van der Waals surface area contributed by atoms with Gasteiger partial charge in [-0.2, -0.15) is 0 Å². The van der Waals surface area contributed by atoms with E-state index in [1.165, 1.54) is 11.8 Å². The van der Waals surface area contributed by atoms with Crippen molar-refractivity contribution >= 4 is 23.4 Å². The lowest BCUT2D eigenvalue weighted by Crippen LogP contribution is -2.36. The first-order chi connectivity index (χ1) is 6.34. The maximum absolute atomic E-state index is 11.0. The van der Waals surface area contributed by atoms with Gasteiger partial charge in [-0.15, -0.1) is 11.8 Å². The molecule has 0 amide bonds. The molecule has 4 heteroatoms. The second-order valence-electron chi connectivity index (χ2n) is 4.09. The predicted molar refractivity (Wildman–Crippen MR) is 59.7 cm³/mol. The summed E-state index contributed by atoms with van der Waals surface area (Å²) in [5, 5.41) is 11.0. The monoisotopic (exact) mass is 213 g/mol. The van der Waals surface area contributed by atoms with Crippen molar-refractivity contribution in [3.63, 3.8) is 0 Å². The summed E-state index contributed by atoms with van der Waals surface area (Å²) in [5.41, 5.74) is 1.10. The molecule has 0 saturated heterocycles. The Bertz CT molecular complexity index is 316. The summed E-state index contributed by atoms with van der Waals surface area (Å²) in [6.07, 6.45) is 0. The molecule has 0 radical (unpaired) electrons. The molecule has 1 heterocycles. The molecule has 0 fully saturated rings. The molecule has 0 saturated carbocycles. The third-order valence-corrected chi connectivity index (χ3v) is 3.22. The fourth-order valence-electron chi connectivity index (χ4n) is 1.12. The Labute approximate surface area is 88.3 Å². The number of carbonyl (C=O) groups is 1. The Morgan fingerprint density at radius 1 is 1.57 bits per heavy atom. The molecule has 0 unspecified atom stereocenters. The van der Waals surface area contributed by atoms with Crippen LogP contribution in [0.3, 0.4) is 0 Å². The SMILES string of the molecule is CC(C)C1=CSC(C)(C)C(C(=O)O)=N1. The molecule has 0 aromatic heterocycles. The van der Waals surface area contributed by atoms with Gasteiger partial charge in [0.2, 0.25) is 0 Å². The molecular formula is C10H15NO2S. The van der Waals surface area contributed by atoms with E-state index in [-0.39, 0.29) is 11.6 Å². The van der Waals surface area contributed by atoms with E-state index in [0.717, 1.165) is 5.70 Å². The molecule has 0 aromatic rings. The van der Waals surface area contributed by atoms with Gasteiger partial charge in [0.25, 0.3) is 0 Å². The molecule has 3 nitrogen and oxygen atoms in total. The first-order valence-corrected chi connectivity index (χ1v) is 5.43. The second kappa shape index (κ2) is 3.77. The first kappa shape index (κ1) is 11.3. The normalized spacial score (nSPS) is 20.4. The lowest BCUT2D eigenvalue weighted by atomic mass is 10.1. The van der Waals surface area contributed by atoms with Crippen LogP contribution in [0.2, 0.25) is 0 Å². The van der Waals surface area contributed by atoms with E-state index in [4.69, 9.17) is 5.11 Å². The summed E-state index contributed by atoms with van der Waals surface area (Å²) < 4.78 is -0.426. The zero-order chi connectivity index (χ0) is 10.9. The van der Waals surface area contributed by atoms with E-state index < -0.39 is 10.7 Å². The van der Waals surface area contributed by atoms with Crippen LogP contribution in [0.4, 0.5) is 0 Å². The lowest BCUT2D eigenvalue weighted by molar-refractivity contribution is -0.129. The summed E-state index contributed by atoms with van der Waals surface area (Å²) in [7, 11) is 0. The summed E-state index contributed by atoms with van der Waals surface area (Å²) in [6, 6.07) is 0.